The number of aryl methyl sites for hydroxylation is 2. The molecule has 0 radical (unpaired) electrons. The van der Waals surface area contributed by atoms with Crippen molar-refractivity contribution < 1.29 is 5.11 Å². The Morgan fingerprint density at radius 2 is 1.69 bits per heavy atom. The van der Waals surface area contributed by atoms with Crippen molar-refractivity contribution in [3.8, 4) is 0 Å². The quantitative estimate of drug-likeness (QED) is 0.803. The maximum atomic E-state index is 9.99. The molecule has 0 aliphatic heterocycles. The first-order chi connectivity index (χ1) is 7.51. The molecule has 1 aromatic carbocycles. The lowest BCUT2D eigenvalue weighted by molar-refractivity contribution is 0.144. The molecule has 0 bridgehead atoms. The highest BCUT2D eigenvalue weighted by Crippen LogP contribution is 2.16. The molecule has 1 nitrogen and oxygen atoms in total. The van der Waals surface area contributed by atoms with Crippen molar-refractivity contribution in [3.05, 3.63) is 34.9 Å². The van der Waals surface area contributed by atoms with Gasteiger partial charge in [-0.25, -0.2) is 0 Å². The van der Waals surface area contributed by atoms with Crippen LogP contribution in [-0.2, 0) is 6.42 Å². The van der Waals surface area contributed by atoms with E-state index in [9.17, 15) is 5.11 Å². The summed E-state index contributed by atoms with van der Waals surface area (Å²) in [5.74, 6) is 0.612. The van der Waals surface area contributed by atoms with E-state index in [-0.39, 0.29) is 6.10 Å². The largest absolute Gasteiger partial charge is 0.393 e. The molecular formula is C15H24O. The minimum absolute atomic E-state index is 0.198. The van der Waals surface area contributed by atoms with E-state index in [2.05, 4.69) is 45.9 Å². The van der Waals surface area contributed by atoms with E-state index in [1.807, 2.05) is 0 Å². The summed E-state index contributed by atoms with van der Waals surface area (Å²) in [6.07, 6.45) is 2.64. The van der Waals surface area contributed by atoms with Gasteiger partial charge in [-0.05, 0) is 38.2 Å². The molecule has 2 unspecified atom stereocenters. The molecule has 16 heavy (non-hydrogen) atoms. The van der Waals surface area contributed by atoms with Crippen LogP contribution >= 0.6 is 0 Å². The molecule has 1 heteroatoms. The van der Waals surface area contributed by atoms with Crippen LogP contribution in [0.25, 0.3) is 0 Å². The van der Waals surface area contributed by atoms with Crippen molar-refractivity contribution in [2.24, 2.45) is 5.92 Å². The molecule has 0 aromatic heterocycles. The van der Waals surface area contributed by atoms with Crippen molar-refractivity contribution in [2.45, 2.75) is 53.1 Å². The molecule has 1 N–H and O–H groups in total. The maximum absolute atomic E-state index is 9.99. The molecule has 2 atom stereocenters. The number of rotatable bonds is 5. The smallest absolute Gasteiger partial charge is 0.0583 e. The Kier molecular flexibility index (Phi) is 5.01. The fraction of sp³-hybridized carbons (Fsp3) is 0.600. The lowest BCUT2D eigenvalue weighted by atomic mass is 9.95. The summed E-state index contributed by atoms with van der Waals surface area (Å²) in [6.45, 7) is 8.59. The molecule has 0 heterocycles. The van der Waals surface area contributed by atoms with Gasteiger partial charge in [0.25, 0.3) is 0 Å². The van der Waals surface area contributed by atoms with E-state index in [1.54, 1.807) is 0 Å². The first kappa shape index (κ1) is 13.2. The van der Waals surface area contributed by atoms with Crippen LogP contribution in [0.4, 0.5) is 0 Å². The normalized spacial score (nSPS) is 14.8. The minimum atomic E-state index is -0.198. The summed E-state index contributed by atoms with van der Waals surface area (Å²) >= 11 is 0. The van der Waals surface area contributed by atoms with Crippen LogP contribution in [0.5, 0.6) is 0 Å². The lowest BCUT2D eigenvalue weighted by Gasteiger charge is -2.15. The van der Waals surface area contributed by atoms with Gasteiger partial charge in [0, 0.05) is 0 Å². The second-order valence-corrected chi connectivity index (χ2v) is 5.10. The SMILES string of the molecule is CCC(C)CC(O)Cc1cc(C)cc(C)c1. The van der Waals surface area contributed by atoms with Crippen LogP contribution in [-0.4, -0.2) is 11.2 Å². The fourth-order valence-corrected chi connectivity index (χ4v) is 2.17. The van der Waals surface area contributed by atoms with E-state index in [4.69, 9.17) is 0 Å². The number of aliphatic hydroxyl groups excluding tert-OH is 1. The van der Waals surface area contributed by atoms with Crippen LogP contribution in [0.15, 0.2) is 18.2 Å². The molecule has 90 valence electrons. The van der Waals surface area contributed by atoms with Gasteiger partial charge in [-0.15, -0.1) is 0 Å². The Labute approximate surface area is 99.5 Å². The first-order valence-corrected chi connectivity index (χ1v) is 6.26. The summed E-state index contributed by atoms with van der Waals surface area (Å²) in [4.78, 5) is 0. The van der Waals surface area contributed by atoms with Gasteiger partial charge < -0.3 is 5.11 Å². The predicted octanol–water partition coefficient (Wildman–Crippen LogP) is 3.64. The van der Waals surface area contributed by atoms with Crippen LogP contribution in [0, 0.1) is 19.8 Å². The van der Waals surface area contributed by atoms with Gasteiger partial charge in [0.15, 0.2) is 0 Å². The number of hydrogen-bond donors (Lipinski definition) is 1. The van der Waals surface area contributed by atoms with Gasteiger partial charge in [0.1, 0.15) is 0 Å². The summed E-state index contributed by atoms with van der Waals surface area (Å²) < 4.78 is 0. The van der Waals surface area contributed by atoms with E-state index in [0.29, 0.717) is 5.92 Å². The summed E-state index contributed by atoms with van der Waals surface area (Å²) in [7, 11) is 0. The highest BCUT2D eigenvalue weighted by molar-refractivity contribution is 5.28. The topological polar surface area (TPSA) is 20.2 Å². The van der Waals surface area contributed by atoms with Crippen molar-refractivity contribution in [1.29, 1.82) is 0 Å². The zero-order chi connectivity index (χ0) is 12.1. The Morgan fingerprint density at radius 3 is 2.19 bits per heavy atom. The third kappa shape index (κ3) is 4.36. The molecule has 0 saturated carbocycles. The zero-order valence-electron chi connectivity index (χ0n) is 11.0. The summed E-state index contributed by atoms with van der Waals surface area (Å²) in [5.41, 5.74) is 3.82. The predicted molar refractivity (Wildman–Crippen MR) is 69.7 cm³/mol. The van der Waals surface area contributed by atoms with Crippen molar-refractivity contribution in [2.75, 3.05) is 0 Å². The van der Waals surface area contributed by atoms with Crippen LogP contribution in [0.3, 0.4) is 0 Å². The summed E-state index contributed by atoms with van der Waals surface area (Å²) in [6, 6.07) is 6.52. The lowest BCUT2D eigenvalue weighted by Crippen LogP contribution is -2.14. The second-order valence-electron chi connectivity index (χ2n) is 5.10. The zero-order valence-corrected chi connectivity index (χ0v) is 11.0. The number of aliphatic hydroxyl groups is 1. The molecule has 0 aliphatic carbocycles. The van der Waals surface area contributed by atoms with E-state index < -0.39 is 0 Å². The van der Waals surface area contributed by atoms with Gasteiger partial charge in [0.2, 0.25) is 0 Å². The molecule has 1 aromatic rings. The second kappa shape index (κ2) is 6.05. The third-order valence-electron chi connectivity index (χ3n) is 3.12. The molecule has 0 fully saturated rings. The van der Waals surface area contributed by atoms with Gasteiger partial charge in [-0.3, -0.25) is 0 Å². The van der Waals surface area contributed by atoms with Crippen LogP contribution in [0.2, 0.25) is 0 Å². The van der Waals surface area contributed by atoms with Gasteiger partial charge >= 0.3 is 0 Å². The number of hydrogen-bond acceptors (Lipinski definition) is 1. The van der Waals surface area contributed by atoms with Gasteiger partial charge in [-0.1, -0.05) is 49.6 Å². The molecule has 0 aliphatic rings. The summed E-state index contributed by atoms with van der Waals surface area (Å²) in [5, 5.41) is 9.99. The average molecular weight is 220 g/mol. The Bertz CT molecular complexity index is 310. The van der Waals surface area contributed by atoms with E-state index in [0.717, 1.165) is 19.3 Å². The third-order valence-corrected chi connectivity index (χ3v) is 3.12. The Morgan fingerprint density at radius 1 is 1.12 bits per heavy atom. The molecule has 0 spiro atoms. The highest BCUT2D eigenvalue weighted by Gasteiger charge is 2.10. The highest BCUT2D eigenvalue weighted by atomic mass is 16.3. The van der Waals surface area contributed by atoms with Gasteiger partial charge in [-0.2, -0.15) is 0 Å². The van der Waals surface area contributed by atoms with Crippen molar-refractivity contribution >= 4 is 0 Å². The Hall–Kier alpha value is -0.820. The van der Waals surface area contributed by atoms with Crippen molar-refractivity contribution in [1.82, 2.24) is 0 Å². The van der Waals surface area contributed by atoms with Crippen molar-refractivity contribution in [3.63, 3.8) is 0 Å². The molecule has 1 rings (SSSR count). The Balaban J connectivity index is 2.58. The van der Waals surface area contributed by atoms with E-state index >= 15 is 0 Å². The fourth-order valence-electron chi connectivity index (χ4n) is 2.17. The van der Waals surface area contributed by atoms with Crippen LogP contribution in [0.1, 0.15) is 43.4 Å². The van der Waals surface area contributed by atoms with Gasteiger partial charge in [0.05, 0.1) is 6.10 Å². The molecular weight excluding hydrogens is 196 g/mol. The monoisotopic (exact) mass is 220 g/mol. The standard InChI is InChI=1S/C15H24O/c1-5-11(2)9-15(16)10-14-7-12(3)6-13(4)8-14/h6-8,11,15-16H,5,9-10H2,1-4H3. The first-order valence-electron chi connectivity index (χ1n) is 6.26. The maximum Gasteiger partial charge on any atom is 0.0583 e. The molecule has 0 amide bonds. The van der Waals surface area contributed by atoms with E-state index in [1.165, 1.54) is 16.7 Å². The molecule has 0 saturated heterocycles. The van der Waals surface area contributed by atoms with Crippen LogP contribution < -0.4 is 0 Å². The minimum Gasteiger partial charge on any atom is -0.393 e. The number of benzene rings is 1. The average Bonchev–Trinajstić information content (AvgIpc) is 2.15.